The number of hydrogen-bond acceptors (Lipinski definition) is 4. The maximum atomic E-state index is 13.4. The van der Waals surface area contributed by atoms with Gasteiger partial charge in [0.1, 0.15) is 12.6 Å². The molecule has 2 aromatic carbocycles. The number of carbonyl (C=O) groups excluding carboxylic acids is 2. The lowest BCUT2D eigenvalue weighted by atomic mass is 9.98. The van der Waals surface area contributed by atoms with Crippen LogP contribution in [0.4, 0.5) is 11.4 Å². The number of ether oxygens (including phenoxy) is 1. The van der Waals surface area contributed by atoms with E-state index < -0.39 is 6.04 Å². The van der Waals surface area contributed by atoms with Gasteiger partial charge in [0.15, 0.2) is 0 Å². The Labute approximate surface area is 172 Å². The van der Waals surface area contributed by atoms with Crippen LogP contribution >= 0.6 is 0 Å². The standard InChI is InChI=1S/C23H29N3O3/c1-16-6-11-20(17(2)14-16)26-21(27)15-25(12-13-29-5)23(28)22(26)18-7-9-19(10-8-18)24(3)4/h6-11,14,22H,12-13,15H2,1-5H3/t22-/m0/s1. The number of aryl methyl sites for hydroxylation is 2. The second-order valence-corrected chi connectivity index (χ2v) is 7.69. The third-order valence-electron chi connectivity index (χ3n) is 5.30. The molecule has 2 amide bonds. The van der Waals surface area contributed by atoms with Gasteiger partial charge in [-0.1, -0.05) is 29.8 Å². The van der Waals surface area contributed by atoms with E-state index in [0.717, 1.165) is 28.1 Å². The summed E-state index contributed by atoms with van der Waals surface area (Å²) >= 11 is 0. The molecule has 0 saturated carbocycles. The highest BCUT2D eigenvalue weighted by Gasteiger charge is 2.41. The molecule has 1 heterocycles. The highest BCUT2D eigenvalue weighted by atomic mass is 16.5. The third-order valence-corrected chi connectivity index (χ3v) is 5.30. The number of carbonyl (C=O) groups is 2. The molecule has 0 aromatic heterocycles. The molecule has 0 aliphatic carbocycles. The number of benzene rings is 2. The van der Waals surface area contributed by atoms with Gasteiger partial charge in [0, 0.05) is 39.1 Å². The minimum atomic E-state index is -0.689. The van der Waals surface area contributed by atoms with Crippen LogP contribution < -0.4 is 9.80 Å². The van der Waals surface area contributed by atoms with Crippen LogP contribution in [-0.2, 0) is 14.3 Å². The Morgan fingerprint density at radius 2 is 1.76 bits per heavy atom. The van der Waals surface area contributed by atoms with Gasteiger partial charge in [-0.2, -0.15) is 0 Å². The molecular weight excluding hydrogens is 366 g/mol. The van der Waals surface area contributed by atoms with Gasteiger partial charge >= 0.3 is 0 Å². The second-order valence-electron chi connectivity index (χ2n) is 7.69. The molecule has 29 heavy (non-hydrogen) atoms. The minimum Gasteiger partial charge on any atom is -0.383 e. The van der Waals surface area contributed by atoms with E-state index in [2.05, 4.69) is 0 Å². The Morgan fingerprint density at radius 1 is 1.07 bits per heavy atom. The van der Waals surface area contributed by atoms with E-state index in [-0.39, 0.29) is 18.4 Å². The fraction of sp³-hybridized carbons (Fsp3) is 0.391. The van der Waals surface area contributed by atoms with Crippen LogP contribution in [0.2, 0.25) is 0 Å². The lowest BCUT2D eigenvalue weighted by molar-refractivity contribution is -0.142. The molecule has 1 aliphatic heterocycles. The van der Waals surface area contributed by atoms with Gasteiger partial charge in [-0.25, -0.2) is 0 Å². The zero-order valence-corrected chi connectivity index (χ0v) is 17.8. The van der Waals surface area contributed by atoms with Crippen molar-refractivity contribution in [2.45, 2.75) is 19.9 Å². The Morgan fingerprint density at radius 3 is 2.34 bits per heavy atom. The normalized spacial score (nSPS) is 17.1. The largest absolute Gasteiger partial charge is 0.383 e. The monoisotopic (exact) mass is 395 g/mol. The molecular formula is C23H29N3O3. The molecule has 0 unspecified atom stereocenters. The second kappa shape index (κ2) is 8.66. The zero-order chi connectivity index (χ0) is 21.1. The SMILES string of the molecule is COCCN1CC(=O)N(c2ccc(C)cc2C)[C@@H](c2ccc(N(C)C)cc2)C1=O. The number of anilines is 2. The summed E-state index contributed by atoms with van der Waals surface area (Å²) in [5, 5.41) is 0. The molecule has 1 aliphatic rings. The Bertz CT molecular complexity index is 893. The predicted octanol–water partition coefficient (Wildman–Crippen LogP) is 2.93. The number of hydrogen-bond donors (Lipinski definition) is 0. The van der Waals surface area contributed by atoms with Crippen LogP contribution in [0.3, 0.4) is 0 Å². The molecule has 154 valence electrons. The Kier molecular flexibility index (Phi) is 6.23. The summed E-state index contributed by atoms with van der Waals surface area (Å²) in [5.41, 5.74) is 4.72. The van der Waals surface area contributed by atoms with E-state index in [0.29, 0.717) is 13.2 Å². The summed E-state index contributed by atoms with van der Waals surface area (Å²) in [4.78, 5) is 31.9. The van der Waals surface area contributed by atoms with Crippen LogP contribution in [-0.4, -0.2) is 57.6 Å². The molecule has 3 rings (SSSR count). The molecule has 6 heteroatoms. The predicted molar refractivity (Wildman–Crippen MR) is 115 cm³/mol. The molecule has 1 fully saturated rings. The molecule has 0 N–H and O–H groups in total. The molecule has 1 atom stereocenters. The first kappa shape index (κ1) is 20.9. The number of nitrogens with zero attached hydrogens (tertiary/aromatic N) is 3. The van der Waals surface area contributed by atoms with Crippen LogP contribution in [0.15, 0.2) is 42.5 Å². The summed E-state index contributed by atoms with van der Waals surface area (Å²) in [6.07, 6.45) is 0. The van der Waals surface area contributed by atoms with Crippen LogP contribution in [0.5, 0.6) is 0 Å². The van der Waals surface area contributed by atoms with E-state index in [1.807, 2.05) is 75.3 Å². The van der Waals surface area contributed by atoms with Gasteiger partial charge < -0.3 is 14.5 Å². The maximum Gasteiger partial charge on any atom is 0.250 e. The Balaban J connectivity index is 2.06. The summed E-state index contributed by atoms with van der Waals surface area (Å²) in [7, 11) is 5.53. The molecule has 0 spiro atoms. The van der Waals surface area contributed by atoms with E-state index in [1.165, 1.54) is 0 Å². The maximum absolute atomic E-state index is 13.4. The minimum absolute atomic E-state index is 0.0573. The lowest BCUT2D eigenvalue weighted by Gasteiger charge is -2.41. The smallest absolute Gasteiger partial charge is 0.250 e. The van der Waals surface area contributed by atoms with Crippen molar-refractivity contribution >= 4 is 23.2 Å². The van der Waals surface area contributed by atoms with Crippen LogP contribution in [0, 0.1) is 13.8 Å². The van der Waals surface area contributed by atoms with E-state index >= 15 is 0 Å². The first-order valence-electron chi connectivity index (χ1n) is 9.77. The fourth-order valence-corrected chi connectivity index (χ4v) is 3.73. The quantitative estimate of drug-likeness (QED) is 0.755. The lowest BCUT2D eigenvalue weighted by Crippen LogP contribution is -2.56. The van der Waals surface area contributed by atoms with Crippen molar-refractivity contribution in [2.24, 2.45) is 0 Å². The average Bonchev–Trinajstić information content (AvgIpc) is 2.69. The van der Waals surface area contributed by atoms with Gasteiger partial charge in [0.2, 0.25) is 5.91 Å². The summed E-state index contributed by atoms with van der Waals surface area (Å²) in [5.74, 6) is -0.173. The highest BCUT2D eigenvalue weighted by molar-refractivity contribution is 6.07. The van der Waals surface area contributed by atoms with Gasteiger partial charge in [0.05, 0.1) is 6.61 Å². The Hall–Kier alpha value is -2.86. The number of amides is 2. The molecule has 0 radical (unpaired) electrons. The topological polar surface area (TPSA) is 53.1 Å². The third kappa shape index (κ3) is 4.27. The first-order chi connectivity index (χ1) is 13.8. The number of rotatable bonds is 6. The van der Waals surface area contributed by atoms with Gasteiger partial charge in [-0.15, -0.1) is 0 Å². The fourth-order valence-electron chi connectivity index (χ4n) is 3.73. The van der Waals surface area contributed by atoms with Crippen molar-refractivity contribution < 1.29 is 14.3 Å². The molecule has 2 aromatic rings. The number of methoxy groups -OCH3 is 1. The van der Waals surface area contributed by atoms with Gasteiger partial charge in [0.25, 0.3) is 5.91 Å². The van der Waals surface area contributed by atoms with Gasteiger partial charge in [-0.3, -0.25) is 14.5 Å². The average molecular weight is 396 g/mol. The summed E-state index contributed by atoms with van der Waals surface area (Å²) in [6, 6.07) is 13.1. The summed E-state index contributed by atoms with van der Waals surface area (Å²) < 4.78 is 5.13. The molecule has 1 saturated heterocycles. The molecule has 6 nitrogen and oxygen atoms in total. The number of piperazine rings is 1. The summed E-state index contributed by atoms with van der Waals surface area (Å²) in [6.45, 7) is 4.85. The van der Waals surface area contributed by atoms with E-state index in [1.54, 1.807) is 16.9 Å². The van der Waals surface area contributed by atoms with Crippen LogP contribution in [0.25, 0.3) is 0 Å². The van der Waals surface area contributed by atoms with E-state index in [4.69, 9.17) is 4.74 Å². The molecule has 0 bridgehead atoms. The first-order valence-corrected chi connectivity index (χ1v) is 9.77. The van der Waals surface area contributed by atoms with E-state index in [9.17, 15) is 9.59 Å². The van der Waals surface area contributed by atoms with Gasteiger partial charge in [-0.05, 0) is 43.2 Å². The van der Waals surface area contributed by atoms with Crippen LogP contribution in [0.1, 0.15) is 22.7 Å². The van der Waals surface area contributed by atoms with Crippen molar-refractivity contribution in [1.29, 1.82) is 0 Å². The highest BCUT2D eigenvalue weighted by Crippen LogP contribution is 2.35. The van der Waals surface area contributed by atoms with Crippen molar-refractivity contribution in [2.75, 3.05) is 50.7 Å². The van der Waals surface area contributed by atoms with Crippen molar-refractivity contribution in [3.8, 4) is 0 Å². The van der Waals surface area contributed by atoms with Crippen molar-refractivity contribution in [1.82, 2.24) is 4.90 Å². The van der Waals surface area contributed by atoms with Crippen molar-refractivity contribution in [3.05, 3.63) is 59.2 Å². The zero-order valence-electron chi connectivity index (χ0n) is 17.8. The van der Waals surface area contributed by atoms with Crippen molar-refractivity contribution in [3.63, 3.8) is 0 Å².